The lowest BCUT2D eigenvalue weighted by Crippen LogP contribution is -1.98. The number of pyridine rings is 2. The van der Waals surface area contributed by atoms with E-state index < -0.39 is 0 Å². The molecule has 0 amide bonds. The maximum absolute atomic E-state index is 10.2. The molecule has 2 rings (SSSR count). The van der Waals surface area contributed by atoms with Gasteiger partial charge < -0.3 is 15.1 Å². The predicted octanol–water partition coefficient (Wildman–Crippen LogP) is 0.748. The molecule has 0 fully saturated rings. The Morgan fingerprint density at radius 3 is 1.41 bits per heavy atom. The first-order valence-electron chi connectivity index (χ1n) is 5.09. The van der Waals surface area contributed by atoms with Crippen LogP contribution in [0.5, 0.6) is 0 Å². The quantitative estimate of drug-likeness (QED) is 0.631. The van der Waals surface area contributed by atoms with Crippen LogP contribution in [0.25, 0.3) is 0 Å². The number of aromatic amines is 2. The molecule has 0 atom stereocenters. The van der Waals surface area contributed by atoms with E-state index in [1.54, 1.807) is 43.6 Å². The van der Waals surface area contributed by atoms with Gasteiger partial charge in [-0.25, -0.2) is 0 Å². The topological polar surface area (TPSA) is 85.9 Å². The van der Waals surface area contributed by atoms with Gasteiger partial charge in [0, 0.05) is 31.1 Å². The number of nitrogens with one attached hydrogen (secondary N) is 2. The van der Waals surface area contributed by atoms with Crippen molar-refractivity contribution in [2.45, 2.75) is 6.92 Å². The van der Waals surface area contributed by atoms with E-state index >= 15 is 0 Å². The van der Waals surface area contributed by atoms with Crippen molar-refractivity contribution in [2.24, 2.45) is 0 Å². The van der Waals surface area contributed by atoms with Crippen molar-refractivity contribution in [1.29, 1.82) is 0 Å². The zero-order valence-electron chi connectivity index (χ0n) is 9.59. The fourth-order valence-electron chi connectivity index (χ4n) is 0.754. The lowest BCUT2D eigenvalue weighted by molar-refractivity contribution is 0.318. The molecule has 0 radical (unpaired) electrons. The molecule has 0 bridgehead atoms. The second-order valence-corrected chi connectivity index (χ2v) is 2.77. The van der Waals surface area contributed by atoms with Crippen molar-refractivity contribution in [2.75, 3.05) is 6.61 Å². The lowest BCUT2D eigenvalue weighted by Gasteiger charge is -1.73. The average molecular weight is 236 g/mol. The third-order valence-corrected chi connectivity index (χ3v) is 1.36. The van der Waals surface area contributed by atoms with Crippen molar-refractivity contribution in [1.82, 2.24) is 9.97 Å². The highest BCUT2D eigenvalue weighted by Crippen LogP contribution is 1.67. The predicted molar refractivity (Wildman–Crippen MR) is 66.9 cm³/mol. The Morgan fingerprint density at radius 2 is 1.29 bits per heavy atom. The highest BCUT2D eigenvalue weighted by molar-refractivity contribution is 4.89. The maximum Gasteiger partial charge on any atom is 0.247 e. The first kappa shape index (κ1) is 14.9. The van der Waals surface area contributed by atoms with Crippen LogP contribution in [0.3, 0.4) is 0 Å². The summed E-state index contributed by atoms with van der Waals surface area (Å²) in [5.41, 5.74) is -0.106. The van der Waals surface area contributed by atoms with Gasteiger partial charge in [0.15, 0.2) is 0 Å². The van der Waals surface area contributed by atoms with Crippen LogP contribution >= 0.6 is 0 Å². The van der Waals surface area contributed by atoms with E-state index in [1.165, 1.54) is 12.1 Å². The van der Waals surface area contributed by atoms with Crippen molar-refractivity contribution in [3.8, 4) is 0 Å². The summed E-state index contributed by atoms with van der Waals surface area (Å²) in [4.78, 5) is 25.4. The second-order valence-electron chi connectivity index (χ2n) is 2.77. The van der Waals surface area contributed by atoms with Gasteiger partial charge in [-0.15, -0.1) is 0 Å². The highest BCUT2D eigenvalue weighted by Gasteiger charge is 1.70. The van der Waals surface area contributed by atoms with Crippen LogP contribution in [-0.2, 0) is 0 Å². The Kier molecular flexibility index (Phi) is 9.07. The van der Waals surface area contributed by atoms with Gasteiger partial charge in [0.25, 0.3) is 0 Å². The smallest absolute Gasteiger partial charge is 0.247 e. The van der Waals surface area contributed by atoms with Crippen LogP contribution in [0.2, 0.25) is 0 Å². The largest absolute Gasteiger partial charge is 0.397 e. The van der Waals surface area contributed by atoms with Gasteiger partial charge in [-0.1, -0.05) is 12.1 Å². The van der Waals surface area contributed by atoms with E-state index in [1.807, 2.05) is 0 Å². The molecule has 0 unspecified atom stereocenters. The molecule has 0 spiro atoms. The third-order valence-electron chi connectivity index (χ3n) is 1.36. The molecule has 3 N–H and O–H groups in total. The van der Waals surface area contributed by atoms with Crippen LogP contribution in [0.15, 0.2) is 58.4 Å². The van der Waals surface area contributed by atoms with Crippen molar-refractivity contribution in [3.63, 3.8) is 0 Å². The van der Waals surface area contributed by atoms with Crippen molar-refractivity contribution >= 4 is 0 Å². The van der Waals surface area contributed by atoms with E-state index in [-0.39, 0.29) is 17.7 Å². The maximum atomic E-state index is 10.2. The molecule has 0 aliphatic rings. The number of H-pyrrole nitrogens is 2. The van der Waals surface area contributed by atoms with E-state index in [9.17, 15) is 9.59 Å². The summed E-state index contributed by atoms with van der Waals surface area (Å²) in [6, 6.07) is 9.86. The molecule has 5 heteroatoms. The third kappa shape index (κ3) is 10.1. The number of aromatic nitrogens is 2. The number of aliphatic hydroxyl groups is 1. The Bertz CT molecular complexity index is 411. The van der Waals surface area contributed by atoms with Gasteiger partial charge in [-0.2, -0.15) is 0 Å². The molecule has 2 aromatic heterocycles. The van der Waals surface area contributed by atoms with Crippen LogP contribution in [-0.4, -0.2) is 21.7 Å². The summed E-state index contributed by atoms with van der Waals surface area (Å²) in [7, 11) is 0. The minimum Gasteiger partial charge on any atom is -0.397 e. The van der Waals surface area contributed by atoms with Gasteiger partial charge >= 0.3 is 0 Å². The van der Waals surface area contributed by atoms with E-state index in [0.717, 1.165) is 0 Å². The molecule has 2 aromatic rings. The highest BCUT2D eigenvalue weighted by atomic mass is 16.2. The summed E-state index contributed by atoms with van der Waals surface area (Å²) in [6.45, 7) is 1.93. The fraction of sp³-hybridized carbons (Fsp3) is 0.167. The van der Waals surface area contributed by atoms with Gasteiger partial charge in [0.1, 0.15) is 0 Å². The van der Waals surface area contributed by atoms with Gasteiger partial charge in [0.2, 0.25) is 11.1 Å². The normalized spacial score (nSPS) is 8.12. The molecule has 5 nitrogen and oxygen atoms in total. The summed E-state index contributed by atoms with van der Waals surface area (Å²) in [5.74, 6) is 0. The zero-order chi connectivity index (χ0) is 12.9. The van der Waals surface area contributed by atoms with Gasteiger partial charge in [-0.3, -0.25) is 9.59 Å². The van der Waals surface area contributed by atoms with Crippen LogP contribution in [0.4, 0.5) is 0 Å². The van der Waals surface area contributed by atoms with Crippen molar-refractivity contribution < 1.29 is 5.11 Å². The average Bonchev–Trinajstić information content (AvgIpc) is 2.33. The molecular formula is C12H16N2O3. The minimum absolute atomic E-state index is 0.0532. The Labute approximate surface area is 98.8 Å². The minimum atomic E-state index is -0.0532. The fourth-order valence-corrected chi connectivity index (χ4v) is 0.754. The van der Waals surface area contributed by atoms with E-state index in [4.69, 9.17) is 5.11 Å². The van der Waals surface area contributed by atoms with Crippen molar-refractivity contribution in [3.05, 3.63) is 69.5 Å². The molecule has 2 heterocycles. The molecule has 17 heavy (non-hydrogen) atoms. The molecule has 92 valence electrons. The number of rotatable bonds is 0. The number of hydrogen-bond donors (Lipinski definition) is 3. The van der Waals surface area contributed by atoms with Crippen LogP contribution in [0, 0.1) is 0 Å². The standard InChI is InChI=1S/2C5H5NO.C2H6O/c2*7-5-3-1-2-4-6-5;1-2-3/h2*1-4H,(H,6,7);3H,2H2,1H3. The first-order valence-corrected chi connectivity index (χ1v) is 5.09. The summed E-state index contributed by atoms with van der Waals surface area (Å²) in [6.07, 6.45) is 3.20. The molecule has 0 aliphatic carbocycles. The first-order chi connectivity index (χ1) is 8.20. The van der Waals surface area contributed by atoms with E-state index in [0.29, 0.717) is 0 Å². The zero-order valence-corrected chi connectivity index (χ0v) is 9.59. The SMILES string of the molecule is CCO.O=c1cccc[nH]1.O=c1cccc[nH]1. The molecular weight excluding hydrogens is 220 g/mol. The Hall–Kier alpha value is -2.14. The van der Waals surface area contributed by atoms with Crippen LogP contribution < -0.4 is 11.1 Å². The number of hydrogen-bond acceptors (Lipinski definition) is 3. The summed E-state index contributed by atoms with van der Waals surface area (Å²) < 4.78 is 0. The number of aliphatic hydroxyl groups excluding tert-OH is 1. The van der Waals surface area contributed by atoms with Gasteiger partial charge in [-0.05, 0) is 19.1 Å². The molecule has 0 aliphatic heterocycles. The van der Waals surface area contributed by atoms with Crippen LogP contribution in [0.1, 0.15) is 6.92 Å². The van der Waals surface area contributed by atoms with E-state index in [2.05, 4.69) is 9.97 Å². The molecule has 0 saturated carbocycles. The molecule has 0 saturated heterocycles. The Balaban J connectivity index is 0.000000247. The Morgan fingerprint density at radius 1 is 0.941 bits per heavy atom. The molecule has 0 aromatic carbocycles. The monoisotopic (exact) mass is 236 g/mol. The van der Waals surface area contributed by atoms with Gasteiger partial charge in [0.05, 0.1) is 0 Å². The summed E-state index contributed by atoms with van der Waals surface area (Å²) >= 11 is 0. The lowest BCUT2D eigenvalue weighted by atomic mass is 10.5. The summed E-state index contributed by atoms with van der Waals surface area (Å²) in [5, 5.41) is 7.57. The second kappa shape index (κ2) is 10.4.